The zero-order valence-corrected chi connectivity index (χ0v) is 10.9. The molecule has 0 fully saturated rings. The van der Waals surface area contributed by atoms with Crippen LogP contribution in [0.25, 0.3) is 0 Å². The molecule has 0 amide bonds. The van der Waals surface area contributed by atoms with Crippen LogP contribution in [0.3, 0.4) is 0 Å². The third kappa shape index (κ3) is 4.23. The Bertz CT molecular complexity index is 479. The van der Waals surface area contributed by atoms with Crippen LogP contribution in [0.1, 0.15) is 6.92 Å². The van der Waals surface area contributed by atoms with Crippen molar-refractivity contribution in [3.63, 3.8) is 0 Å². The van der Waals surface area contributed by atoms with Crippen molar-refractivity contribution >= 4 is 21.6 Å². The molecular weight excluding hydrogens is 267 g/mol. The molecule has 0 saturated heterocycles. The molecule has 0 spiro atoms. The number of benzene rings is 1. The van der Waals surface area contributed by atoms with Gasteiger partial charge in [-0.1, -0.05) is 18.5 Å². The van der Waals surface area contributed by atoms with Gasteiger partial charge in [0.1, 0.15) is 10.7 Å². The van der Waals surface area contributed by atoms with E-state index < -0.39 is 20.7 Å². The summed E-state index contributed by atoms with van der Waals surface area (Å²) in [5, 5.41) is 3.12. The maximum Gasteiger partial charge on any atom is 0.243 e. The van der Waals surface area contributed by atoms with Crippen molar-refractivity contribution in [2.45, 2.75) is 11.8 Å². The molecule has 0 aliphatic rings. The van der Waals surface area contributed by atoms with E-state index in [0.29, 0.717) is 6.54 Å². The predicted octanol–water partition coefficient (Wildman–Crippen LogP) is 1.37. The lowest BCUT2D eigenvalue weighted by Gasteiger charge is -2.08. The van der Waals surface area contributed by atoms with Gasteiger partial charge in [-0.3, -0.25) is 0 Å². The van der Waals surface area contributed by atoms with E-state index in [4.69, 9.17) is 11.6 Å². The number of hydrogen-bond donors (Lipinski definition) is 2. The third-order valence-corrected chi connectivity index (χ3v) is 3.76. The summed E-state index contributed by atoms with van der Waals surface area (Å²) in [5.41, 5.74) is 0. The molecule has 2 N–H and O–H groups in total. The lowest BCUT2D eigenvalue weighted by atomic mass is 10.3. The molecule has 0 heterocycles. The van der Waals surface area contributed by atoms with Crippen molar-refractivity contribution in [2.24, 2.45) is 0 Å². The van der Waals surface area contributed by atoms with Gasteiger partial charge in [0.2, 0.25) is 10.0 Å². The minimum atomic E-state index is -3.81. The first kappa shape index (κ1) is 14.4. The Morgan fingerprint density at radius 2 is 2.06 bits per heavy atom. The second-order valence-electron chi connectivity index (χ2n) is 3.33. The van der Waals surface area contributed by atoms with Crippen LogP contribution in [0.2, 0.25) is 5.02 Å². The Morgan fingerprint density at radius 3 is 2.65 bits per heavy atom. The molecule has 0 saturated carbocycles. The molecule has 0 aliphatic carbocycles. The fraction of sp³-hybridized carbons (Fsp3) is 0.400. The largest absolute Gasteiger partial charge is 0.316 e. The van der Waals surface area contributed by atoms with Crippen molar-refractivity contribution in [3.05, 3.63) is 29.0 Å². The Morgan fingerprint density at radius 1 is 1.35 bits per heavy atom. The zero-order valence-electron chi connectivity index (χ0n) is 9.33. The predicted molar refractivity (Wildman–Crippen MR) is 65.1 cm³/mol. The molecule has 96 valence electrons. The molecule has 17 heavy (non-hydrogen) atoms. The quantitative estimate of drug-likeness (QED) is 0.774. The summed E-state index contributed by atoms with van der Waals surface area (Å²) < 4.78 is 39.1. The summed E-state index contributed by atoms with van der Waals surface area (Å²) in [4.78, 5) is -0.390. The normalized spacial score (nSPS) is 11.7. The number of halogens is 2. The maximum absolute atomic E-state index is 13.4. The fourth-order valence-electron chi connectivity index (χ4n) is 1.22. The van der Waals surface area contributed by atoms with Crippen molar-refractivity contribution in [1.82, 2.24) is 10.0 Å². The summed E-state index contributed by atoms with van der Waals surface area (Å²) in [6.45, 7) is 3.35. The van der Waals surface area contributed by atoms with Crippen molar-refractivity contribution < 1.29 is 12.8 Å². The summed E-state index contributed by atoms with van der Waals surface area (Å²) in [5.74, 6) is -0.853. The van der Waals surface area contributed by atoms with Gasteiger partial charge in [0, 0.05) is 18.1 Å². The highest BCUT2D eigenvalue weighted by atomic mass is 35.5. The number of nitrogens with one attached hydrogen (secondary N) is 2. The van der Waals surface area contributed by atoms with E-state index in [1.807, 2.05) is 6.92 Å². The number of sulfonamides is 1. The van der Waals surface area contributed by atoms with Gasteiger partial charge in [-0.25, -0.2) is 17.5 Å². The number of hydrogen-bond acceptors (Lipinski definition) is 3. The minimum Gasteiger partial charge on any atom is -0.316 e. The Kier molecular flexibility index (Phi) is 5.32. The van der Waals surface area contributed by atoms with Crippen LogP contribution in [0.5, 0.6) is 0 Å². The molecule has 1 rings (SSSR count). The van der Waals surface area contributed by atoms with Gasteiger partial charge in [0.15, 0.2) is 0 Å². The molecule has 0 aliphatic heterocycles. The van der Waals surface area contributed by atoms with Gasteiger partial charge < -0.3 is 5.32 Å². The molecule has 0 aromatic heterocycles. The van der Waals surface area contributed by atoms with Gasteiger partial charge >= 0.3 is 0 Å². The second-order valence-corrected chi connectivity index (χ2v) is 5.50. The first-order valence-electron chi connectivity index (χ1n) is 5.13. The van der Waals surface area contributed by atoms with E-state index in [9.17, 15) is 12.8 Å². The Labute approximate surface area is 105 Å². The summed E-state index contributed by atoms with van der Waals surface area (Å²) in [6.07, 6.45) is 0. The van der Waals surface area contributed by atoms with Gasteiger partial charge in [0.05, 0.1) is 0 Å². The lowest BCUT2D eigenvalue weighted by molar-refractivity contribution is 0.555. The standard InChI is InChI=1S/C10H14ClFN2O2S/c1-2-13-5-6-14-17(15,16)10-4-3-8(11)7-9(10)12/h3-4,7,13-14H,2,5-6H2,1H3. The van der Waals surface area contributed by atoms with Crippen molar-refractivity contribution in [2.75, 3.05) is 19.6 Å². The highest BCUT2D eigenvalue weighted by molar-refractivity contribution is 7.89. The fourth-order valence-corrected chi connectivity index (χ4v) is 2.47. The summed E-state index contributed by atoms with van der Waals surface area (Å²) in [6, 6.07) is 3.46. The van der Waals surface area contributed by atoms with Crippen molar-refractivity contribution in [3.8, 4) is 0 Å². The molecule has 0 radical (unpaired) electrons. The molecule has 1 aromatic carbocycles. The highest BCUT2D eigenvalue weighted by Gasteiger charge is 2.18. The van der Waals surface area contributed by atoms with E-state index in [-0.39, 0.29) is 11.6 Å². The topological polar surface area (TPSA) is 58.2 Å². The number of likely N-dealkylation sites (N-methyl/N-ethyl adjacent to an activating group) is 1. The SMILES string of the molecule is CCNCCNS(=O)(=O)c1ccc(Cl)cc1F. The van der Waals surface area contributed by atoms with E-state index >= 15 is 0 Å². The Hall–Kier alpha value is -0.690. The van der Waals surface area contributed by atoms with E-state index in [2.05, 4.69) is 10.0 Å². The second kappa shape index (κ2) is 6.30. The summed E-state index contributed by atoms with van der Waals surface area (Å²) >= 11 is 5.55. The van der Waals surface area contributed by atoms with E-state index in [1.165, 1.54) is 6.07 Å². The van der Waals surface area contributed by atoms with Crippen LogP contribution in [0, 0.1) is 5.82 Å². The summed E-state index contributed by atoms with van der Waals surface area (Å²) in [7, 11) is -3.81. The van der Waals surface area contributed by atoms with E-state index in [0.717, 1.165) is 18.7 Å². The smallest absolute Gasteiger partial charge is 0.243 e. The van der Waals surface area contributed by atoms with Crippen LogP contribution in [0.15, 0.2) is 23.1 Å². The lowest BCUT2D eigenvalue weighted by Crippen LogP contribution is -2.32. The third-order valence-electron chi connectivity index (χ3n) is 2.03. The van der Waals surface area contributed by atoms with Gasteiger partial charge in [-0.15, -0.1) is 0 Å². The number of rotatable bonds is 6. The van der Waals surface area contributed by atoms with E-state index in [1.54, 1.807) is 0 Å². The van der Waals surface area contributed by atoms with Crippen LogP contribution in [0.4, 0.5) is 4.39 Å². The molecule has 0 unspecified atom stereocenters. The molecule has 7 heteroatoms. The molecular formula is C10H14ClFN2O2S. The van der Waals surface area contributed by atoms with Crippen LogP contribution < -0.4 is 10.0 Å². The highest BCUT2D eigenvalue weighted by Crippen LogP contribution is 2.18. The average molecular weight is 281 g/mol. The van der Waals surface area contributed by atoms with Crippen LogP contribution in [-0.4, -0.2) is 28.1 Å². The van der Waals surface area contributed by atoms with Crippen LogP contribution >= 0.6 is 11.6 Å². The molecule has 1 aromatic rings. The average Bonchev–Trinajstić information content (AvgIpc) is 2.24. The Balaban J connectivity index is 2.76. The van der Waals surface area contributed by atoms with Gasteiger partial charge in [0.25, 0.3) is 0 Å². The molecule has 4 nitrogen and oxygen atoms in total. The van der Waals surface area contributed by atoms with Crippen LogP contribution in [-0.2, 0) is 10.0 Å². The molecule has 0 bridgehead atoms. The van der Waals surface area contributed by atoms with Gasteiger partial charge in [-0.05, 0) is 24.7 Å². The zero-order chi connectivity index (χ0) is 12.9. The minimum absolute atomic E-state index is 0.161. The maximum atomic E-state index is 13.4. The monoisotopic (exact) mass is 280 g/mol. The first-order valence-corrected chi connectivity index (χ1v) is 6.99. The van der Waals surface area contributed by atoms with Crippen molar-refractivity contribution in [1.29, 1.82) is 0 Å². The van der Waals surface area contributed by atoms with Gasteiger partial charge in [-0.2, -0.15) is 0 Å². The first-order chi connectivity index (χ1) is 7.97. The molecule has 0 atom stereocenters.